The van der Waals surface area contributed by atoms with Crippen molar-refractivity contribution in [3.63, 3.8) is 0 Å². The van der Waals surface area contributed by atoms with Crippen molar-refractivity contribution < 1.29 is 14.1 Å². The van der Waals surface area contributed by atoms with Crippen molar-refractivity contribution >= 4 is 17.7 Å². The second-order valence-electron chi connectivity index (χ2n) is 4.11. The van der Waals surface area contributed by atoms with Crippen LogP contribution in [-0.2, 0) is 15.3 Å². The van der Waals surface area contributed by atoms with Crippen LogP contribution in [0.4, 0.5) is 0 Å². The molecule has 0 fully saturated rings. The Bertz CT molecular complexity index is 365. The number of carbonyl (C=O) groups excluding carboxylic acids is 1. The number of carbonyl (C=O) groups is 1. The maximum atomic E-state index is 11.0. The summed E-state index contributed by atoms with van der Waals surface area (Å²) in [5.74, 6) is 2.03. The van der Waals surface area contributed by atoms with E-state index in [0.717, 1.165) is 0 Å². The van der Waals surface area contributed by atoms with Crippen LogP contribution < -0.4 is 0 Å². The quantitative estimate of drug-likeness (QED) is 0.730. The molecule has 1 rings (SSSR count). The molecule has 0 spiro atoms. The van der Waals surface area contributed by atoms with Gasteiger partial charge < -0.3 is 9.26 Å². The second kappa shape index (κ2) is 6.64. The van der Waals surface area contributed by atoms with Crippen molar-refractivity contribution in [1.29, 1.82) is 0 Å². The lowest BCUT2D eigenvalue weighted by atomic mass is 10.2. The molecule has 5 nitrogen and oxygen atoms in total. The first-order valence-electron chi connectivity index (χ1n) is 5.53. The van der Waals surface area contributed by atoms with Crippen LogP contribution in [0.2, 0.25) is 0 Å². The number of thioether (sulfide) groups is 1. The van der Waals surface area contributed by atoms with Crippen molar-refractivity contribution in [2.45, 2.75) is 44.1 Å². The fraction of sp³-hybridized carbons (Fsp3) is 0.727. The first-order chi connectivity index (χ1) is 8.02. The van der Waals surface area contributed by atoms with Crippen LogP contribution in [0.3, 0.4) is 0 Å². The maximum absolute atomic E-state index is 11.0. The van der Waals surface area contributed by atoms with Gasteiger partial charge in [-0.3, -0.25) is 4.79 Å². The molecule has 0 saturated heterocycles. The molecule has 1 unspecified atom stereocenters. The topological polar surface area (TPSA) is 65.2 Å². The molecule has 1 heterocycles. The number of hydrogen-bond acceptors (Lipinski definition) is 6. The number of nitrogens with zero attached hydrogens (tertiary/aromatic N) is 2. The highest BCUT2D eigenvalue weighted by Crippen LogP contribution is 2.20. The Morgan fingerprint density at radius 2 is 2.18 bits per heavy atom. The van der Waals surface area contributed by atoms with Crippen LogP contribution >= 0.6 is 11.8 Å². The molecule has 0 radical (unpaired) electrons. The van der Waals surface area contributed by atoms with Crippen LogP contribution in [0.15, 0.2) is 4.52 Å². The van der Waals surface area contributed by atoms with Gasteiger partial charge in [0, 0.05) is 11.2 Å². The lowest BCUT2D eigenvalue weighted by molar-refractivity contribution is -0.140. The van der Waals surface area contributed by atoms with E-state index in [1.165, 1.54) is 7.11 Å². The van der Waals surface area contributed by atoms with Gasteiger partial charge in [0.15, 0.2) is 5.82 Å². The zero-order valence-electron chi connectivity index (χ0n) is 10.6. The molecular weight excluding hydrogens is 240 g/mol. The summed E-state index contributed by atoms with van der Waals surface area (Å²) >= 11 is 1.61. The summed E-state index contributed by atoms with van der Waals surface area (Å²) in [7, 11) is 1.40. The SMILES string of the molecule is COC(=O)CC(C)SCc1noc(C(C)C)n1. The van der Waals surface area contributed by atoms with Crippen molar-refractivity contribution in [2.24, 2.45) is 0 Å². The molecule has 0 amide bonds. The van der Waals surface area contributed by atoms with Crippen molar-refractivity contribution in [2.75, 3.05) is 7.11 Å². The largest absolute Gasteiger partial charge is 0.469 e. The highest BCUT2D eigenvalue weighted by Gasteiger charge is 2.13. The molecule has 96 valence electrons. The van der Waals surface area contributed by atoms with Gasteiger partial charge in [-0.1, -0.05) is 25.9 Å². The molecule has 0 aromatic carbocycles. The predicted octanol–water partition coefficient (Wildman–Crippen LogP) is 2.38. The van der Waals surface area contributed by atoms with Crippen LogP contribution in [0.5, 0.6) is 0 Å². The molecule has 1 aromatic heterocycles. The normalized spacial score (nSPS) is 12.8. The van der Waals surface area contributed by atoms with Gasteiger partial charge in [-0.25, -0.2) is 0 Å². The monoisotopic (exact) mass is 258 g/mol. The van der Waals surface area contributed by atoms with Gasteiger partial charge >= 0.3 is 5.97 Å². The summed E-state index contributed by atoms with van der Waals surface area (Å²) in [5.41, 5.74) is 0. The van der Waals surface area contributed by atoms with Crippen molar-refractivity contribution in [3.05, 3.63) is 11.7 Å². The first kappa shape index (κ1) is 14.0. The van der Waals surface area contributed by atoms with Crippen molar-refractivity contribution in [3.8, 4) is 0 Å². The fourth-order valence-electron chi connectivity index (χ4n) is 1.15. The predicted molar refractivity (Wildman–Crippen MR) is 65.8 cm³/mol. The zero-order valence-corrected chi connectivity index (χ0v) is 11.4. The van der Waals surface area contributed by atoms with E-state index >= 15 is 0 Å². The average molecular weight is 258 g/mol. The minimum atomic E-state index is -0.194. The Kier molecular flexibility index (Phi) is 5.47. The summed E-state index contributed by atoms with van der Waals surface area (Å²) < 4.78 is 9.70. The summed E-state index contributed by atoms with van der Waals surface area (Å²) in [6, 6.07) is 0. The van der Waals surface area contributed by atoms with E-state index in [0.29, 0.717) is 23.9 Å². The number of esters is 1. The Labute approximate surface area is 105 Å². The van der Waals surface area contributed by atoms with Gasteiger partial charge in [0.05, 0.1) is 19.3 Å². The average Bonchev–Trinajstić information content (AvgIpc) is 2.75. The number of ether oxygens (including phenoxy) is 1. The highest BCUT2D eigenvalue weighted by molar-refractivity contribution is 7.99. The van der Waals surface area contributed by atoms with Crippen molar-refractivity contribution in [1.82, 2.24) is 10.1 Å². The minimum Gasteiger partial charge on any atom is -0.469 e. The number of rotatable bonds is 6. The number of methoxy groups -OCH3 is 1. The standard InChI is InChI=1S/C11H18N2O3S/c1-7(2)11-12-9(13-16-11)6-17-8(3)5-10(14)15-4/h7-8H,5-6H2,1-4H3. The highest BCUT2D eigenvalue weighted by atomic mass is 32.2. The van der Waals surface area contributed by atoms with Crippen LogP contribution in [0.1, 0.15) is 44.8 Å². The molecular formula is C11H18N2O3S. The Morgan fingerprint density at radius 3 is 2.71 bits per heavy atom. The summed E-state index contributed by atoms with van der Waals surface area (Å²) in [4.78, 5) is 15.3. The first-order valence-corrected chi connectivity index (χ1v) is 6.58. The van der Waals surface area contributed by atoms with E-state index < -0.39 is 0 Å². The molecule has 0 N–H and O–H groups in total. The molecule has 1 aromatic rings. The van der Waals surface area contributed by atoms with Gasteiger partial charge in [-0.2, -0.15) is 4.98 Å². The fourth-order valence-corrected chi connectivity index (χ4v) is 1.96. The van der Waals surface area contributed by atoms with Gasteiger partial charge in [0.25, 0.3) is 0 Å². The van der Waals surface area contributed by atoms with Crippen LogP contribution in [-0.4, -0.2) is 28.5 Å². The summed E-state index contributed by atoms with van der Waals surface area (Å²) in [5, 5.41) is 4.07. The van der Waals surface area contributed by atoms with E-state index in [9.17, 15) is 4.79 Å². The van der Waals surface area contributed by atoms with Gasteiger partial charge in [0.2, 0.25) is 5.89 Å². The Balaban J connectivity index is 2.36. The lowest BCUT2D eigenvalue weighted by Gasteiger charge is -2.07. The Morgan fingerprint density at radius 1 is 1.47 bits per heavy atom. The summed E-state index contributed by atoms with van der Waals surface area (Å²) in [6.45, 7) is 5.99. The number of aromatic nitrogens is 2. The van der Waals surface area contributed by atoms with E-state index in [4.69, 9.17) is 4.52 Å². The molecule has 0 aliphatic carbocycles. The Hall–Kier alpha value is -1.04. The molecule has 0 aliphatic rings. The molecule has 0 saturated carbocycles. The third-order valence-corrected chi connectivity index (χ3v) is 3.32. The maximum Gasteiger partial charge on any atom is 0.306 e. The molecule has 1 atom stereocenters. The summed E-state index contributed by atoms with van der Waals surface area (Å²) in [6.07, 6.45) is 0.399. The van der Waals surface area contributed by atoms with E-state index in [-0.39, 0.29) is 17.1 Å². The molecule has 17 heavy (non-hydrogen) atoms. The lowest BCUT2D eigenvalue weighted by Crippen LogP contribution is -2.08. The van der Waals surface area contributed by atoms with E-state index in [1.807, 2.05) is 20.8 Å². The van der Waals surface area contributed by atoms with E-state index in [2.05, 4.69) is 14.9 Å². The molecule has 6 heteroatoms. The number of hydrogen-bond donors (Lipinski definition) is 0. The van der Waals surface area contributed by atoms with E-state index in [1.54, 1.807) is 11.8 Å². The third kappa shape index (κ3) is 4.77. The van der Waals surface area contributed by atoms with Gasteiger partial charge in [-0.05, 0) is 0 Å². The van der Waals surface area contributed by atoms with Crippen LogP contribution in [0.25, 0.3) is 0 Å². The second-order valence-corrected chi connectivity index (χ2v) is 5.53. The zero-order chi connectivity index (χ0) is 12.8. The van der Waals surface area contributed by atoms with Gasteiger partial charge in [0.1, 0.15) is 0 Å². The molecule has 0 bridgehead atoms. The molecule has 0 aliphatic heterocycles. The smallest absolute Gasteiger partial charge is 0.306 e. The van der Waals surface area contributed by atoms with Crippen LogP contribution in [0, 0.1) is 0 Å². The minimum absolute atomic E-state index is 0.184. The third-order valence-electron chi connectivity index (χ3n) is 2.16. The van der Waals surface area contributed by atoms with Gasteiger partial charge in [-0.15, -0.1) is 11.8 Å².